The summed E-state index contributed by atoms with van der Waals surface area (Å²) >= 11 is 0. The van der Waals surface area contributed by atoms with Crippen LogP contribution in [0.5, 0.6) is 5.75 Å². The fraction of sp³-hybridized carbons (Fsp3) is 0.647. The molecule has 3 nitrogen and oxygen atoms in total. The Morgan fingerprint density at radius 2 is 1.95 bits per heavy atom. The van der Waals surface area contributed by atoms with Crippen molar-refractivity contribution in [3.8, 4) is 5.75 Å². The van der Waals surface area contributed by atoms with Gasteiger partial charge < -0.3 is 15.4 Å². The summed E-state index contributed by atoms with van der Waals surface area (Å²) < 4.78 is 19.1. The first-order valence-corrected chi connectivity index (χ1v) is 7.67. The van der Waals surface area contributed by atoms with Crippen molar-refractivity contribution in [3.05, 3.63) is 29.6 Å². The Hall–Kier alpha value is -1.13. The van der Waals surface area contributed by atoms with Crippen LogP contribution in [0, 0.1) is 11.7 Å². The van der Waals surface area contributed by atoms with Gasteiger partial charge in [-0.2, -0.15) is 0 Å². The molecule has 1 aromatic rings. The molecule has 1 fully saturated rings. The summed E-state index contributed by atoms with van der Waals surface area (Å²) in [5.41, 5.74) is 7.24. The van der Waals surface area contributed by atoms with Gasteiger partial charge >= 0.3 is 0 Å². The Morgan fingerprint density at radius 3 is 2.48 bits per heavy atom. The summed E-state index contributed by atoms with van der Waals surface area (Å²) in [5.74, 6) is 1.14. The van der Waals surface area contributed by atoms with E-state index in [0.717, 1.165) is 37.2 Å². The summed E-state index contributed by atoms with van der Waals surface area (Å²) in [6, 6.07) is 4.34. The molecule has 1 unspecified atom stereocenters. The molecule has 1 aliphatic rings. The highest BCUT2D eigenvalue weighted by Gasteiger charge is 2.43. The molecule has 1 atom stereocenters. The summed E-state index contributed by atoms with van der Waals surface area (Å²) in [6.07, 6.45) is 4.37. The molecule has 1 aromatic carbocycles. The molecule has 0 bridgehead atoms. The fourth-order valence-electron chi connectivity index (χ4n) is 3.54. The Kier molecular flexibility index (Phi) is 4.89. The van der Waals surface area contributed by atoms with Crippen LogP contribution in [-0.2, 0) is 0 Å². The van der Waals surface area contributed by atoms with Gasteiger partial charge in [-0.15, -0.1) is 0 Å². The van der Waals surface area contributed by atoms with E-state index in [1.807, 2.05) is 0 Å². The zero-order valence-corrected chi connectivity index (χ0v) is 13.5. The molecule has 0 radical (unpaired) electrons. The van der Waals surface area contributed by atoms with Gasteiger partial charge in [0.1, 0.15) is 11.6 Å². The minimum atomic E-state index is -0.265. The van der Waals surface area contributed by atoms with Crippen LogP contribution in [0.15, 0.2) is 18.2 Å². The average Bonchev–Trinajstić information content (AvgIpc) is 2.47. The van der Waals surface area contributed by atoms with E-state index >= 15 is 0 Å². The molecule has 0 amide bonds. The number of nitrogens with zero attached hydrogens (tertiary/aromatic N) is 1. The van der Waals surface area contributed by atoms with E-state index < -0.39 is 0 Å². The topological polar surface area (TPSA) is 38.5 Å². The van der Waals surface area contributed by atoms with Crippen molar-refractivity contribution in [3.63, 3.8) is 0 Å². The van der Waals surface area contributed by atoms with Crippen molar-refractivity contribution < 1.29 is 9.13 Å². The quantitative estimate of drug-likeness (QED) is 0.925. The molecule has 0 heterocycles. The third-order valence-corrected chi connectivity index (χ3v) is 5.14. The van der Waals surface area contributed by atoms with Gasteiger partial charge in [-0.05, 0) is 63.9 Å². The highest BCUT2D eigenvalue weighted by molar-refractivity contribution is 5.38. The van der Waals surface area contributed by atoms with Crippen molar-refractivity contribution >= 4 is 0 Å². The molecule has 4 heteroatoms. The third kappa shape index (κ3) is 3.06. The fourth-order valence-corrected chi connectivity index (χ4v) is 3.54. The number of ether oxygens (including phenoxy) is 1. The highest BCUT2D eigenvalue weighted by Crippen LogP contribution is 2.44. The normalized spacial score (nSPS) is 27.7. The van der Waals surface area contributed by atoms with E-state index in [0.29, 0.717) is 5.75 Å². The van der Waals surface area contributed by atoms with Gasteiger partial charge in [0.2, 0.25) is 0 Å². The second kappa shape index (κ2) is 6.32. The molecule has 0 spiro atoms. The number of likely N-dealkylation sites (N-methyl/N-ethyl adjacent to an activating group) is 1. The molecule has 21 heavy (non-hydrogen) atoms. The number of rotatable bonds is 4. The maximum absolute atomic E-state index is 13.7. The van der Waals surface area contributed by atoms with Gasteiger partial charge in [0.25, 0.3) is 0 Å². The van der Waals surface area contributed by atoms with Crippen molar-refractivity contribution in [2.75, 3.05) is 21.2 Å². The van der Waals surface area contributed by atoms with Crippen LogP contribution >= 0.6 is 0 Å². The first kappa shape index (κ1) is 16.2. The first-order chi connectivity index (χ1) is 9.90. The van der Waals surface area contributed by atoms with Crippen LogP contribution in [-0.4, -0.2) is 31.6 Å². The van der Waals surface area contributed by atoms with Crippen LogP contribution in [0.25, 0.3) is 0 Å². The zero-order chi connectivity index (χ0) is 15.6. The largest absolute Gasteiger partial charge is 0.496 e. The lowest BCUT2D eigenvalue weighted by molar-refractivity contribution is 0.0556. The number of halogens is 1. The van der Waals surface area contributed by atoms with E-state index in [9.17, 15) is 4.39 Å². The van der Waals surface area contributed by atoms with Crippen molar-refractivity contribution in [2.24, 2.45) is 11.7 Å². The molecule has 118 valence electrons. The molecule has 0 saturated heterocycles. The lowest BCUT2D eigenvalue weighted by Crippen LogP contribution is -2.54. The lowest BCUT2D eigenvalue weighted by Gasteiger charge is -2.48. The van der Waals surface area contributed by atoms with Crippen LogP contribution < -0.4 is 10.5 Å². The Labute approximate surface area is 127 Å². The molecule has 1 aliphatic carbocycles. The number of methoxy groups -OCH3 is 1. The summed E-state index contributed by atoms with van der Waals surface area (Å²) in [7, 11) is 5.75. The lowest BCUT2D eigenvalue weighted by atomic mass is 9.70. The summed E-state index contributed by atoms with van der Waals surface area (Å²) in [6.45, 7) is 2.29. The molecule has 2 N–H and O–H groups in total. The van der Waals surface area contributed by atoms with E-state index in [2.05, 4.69) is 25.9 Å². The van der Waals surface area contributed by atoms with Gasteiger partial charge in [0.15, 0.2) is 0 Å². The predicted molar refractivity (Wildman–Crippen MR) is 83.9 cm³/mol. The molecule has 2 rings (SSSR count). The van der Waals surface area contributed by atoms with Gasteiger partial charge in [-0.25, -0.2) is 4.39 Å². The average molecular weight is 294 g/mol. The van der Waals surface area contributed by atoms with Gasteiger partial charge in [-0.1, -0.05) is 6.92 Å². The Bertz CT molecular complexity index is 482. The number of hydrogen-bond donors (Lipinski definition) is 1. The monoisotopic (exact) mass is 294 g/mol. The number of nitrogens with two attached hydrogens (primary N) is 1. The maximum atomic E-state index is 13.7. The third-order valence-electron chi connectivity index (χ3n) is 5.14. The molecular weight excluding hydrogens is 267 g/mol. The van der Waals surface area contributed by atoms with E-state index in [-0.39, 0.29) is 17.4 Å². The number of hydrogen-bond acceptors (Lipinski definition) is 3. The van der Waals surface area contributed by atoms with E-state index in [4.69, 9.17) is 10.5 Å². The molecule has 0 aromatic heterocycles. The Morgan fingerprint density at radius 1 is 1.33 bits per heavy atom. The van der Waals surface area contributed by atoms with Crippen LogP contribution in [0.4, 0.5) is 4.39 Å². The molecule has 1 saturated carbocycles. The van der Waals surface area contributed by atoms with Crippen molar-refractivity contribution in [1.29, 1.82) is 0 Å². The van der Waals surface area contributed by atoms with Gasteiger partial charge in [0, 0.05) is 11.1 Å². The van der Waals surface area contributed by atoms with Crippen LogP contribution in [0.1, 0.15) is 44.2 Å². The molecule has 0 aliphatic heterocycles. The first-order valence-electron chi connectivity index (χ1n) is 7.67. The summed E-state index contributed by atoms with van der Waals surface area (Å²) in [4.78, 5) is 2.22. The second-order valence-electron chi connectivity index (χ2n) is 6.54. The summed E-state index contributed by atoms with van der Waals surface area (Å²) in [5, 5.41) is 0. The minimum absolute atomic E-state index is 0.131. The highest BCUT2D eigenvalue weighted by atomic mass is 19.1. The van der Waals surface area contributed by atoms with E-state index in [1.165, 1.54) is 12.1 Å². The van der Waals surface area contributed by atoms with E-state index in [1.54, 1.807) is 13.2 Å². The van der Waals surface area contributed by atoms with Crippen LogP contribution in [0.2, 0.25) is 0 Å². The minimum Gasteiger partial charge on any atom is -0.496 e. The SMILES string of the molecule is COc1ccc(F)cc1C(N)C1(N(C)C)CCC(C)CC1. The van der Waals surface area contributed by atoms with Crippen molar-refractivity contribution in [2.45, 2.75) is 44.2 Å². The standard InChI is InChI=1S/C17H27FN2O/c1-12-7-9-17(10-8-12,20(2)3)16(19)14-11-13(18)5-6-15(14)21-4/h5-6,11-12,16H,7-10,19H2,1-4H3. The predicted octanol–water partition coefficient (Wildman–Crippen LogP) is 3.34. The Balaban J connectivity index is 2.39. The maximum Gasteiger partial charge on any atom is 0.123 e. The van der Waals surface area contributed by atoms with Gasteiger partial charge in [0.05, 0.1) is 13.2 Å². The zero-order valence-electron chi connectivity index (χ0n) is 13.5. The molecular formula is C17H27FN2O. The van der Waals surface area contributed by atoms with Crippen LogP contribution in [0.3, 0.4) is 0 Å². The van der Waals surface area contributed by atoms with Crippen molar-refractivity contribution in [1.82, 2.24) is 4.90 Å². The van der Waals surface area contributed by atoms with Gasteiger partial charge in [-0.3, -0.25) is 0 Å². The second-order valence-corrected chi connectivity index (χ2v) is 6.54. The smallest absolute Gasteiger partial charge is 0.123 e. The number of benzene rings is 1.